The third-order valence-electron chi connectivity index (χ3n) is 6.20. The van der Waals surface area contributed by atoms with Crippen LogP contribution in [-0.4, -0.2) is 56.4 Å². The maximum Gasteiger partial charge on any atom is 0.251 e. The summed E-state index contributed by atoms with van der Waals surface area (Å²) >= 11 is 0. The summed E-state index contributed by atoms with van der Waals surface area (Å²) in [5, 5.41) is 11.5. The van der Waals surface area contributed by atoms with Crippen LogP contribution in [0.15, 0.2) is 82.7 Å². The van der Waals surface area contributed by atoms with Gasteiger partial charge in [0, 0.05) is 36.8 Å². The number of aliphatic hydroxyl groups is 1. The van der Waals surface area contributed by atoms with Crippen LogP contribution in [0.4, 0.5) is 8.78 Å². The van der Waals surface area contributed by atoms with E-state index < -0.39 is 32.9 Å². The number of carbonyl (C=O) groups excluding carboxylic acids is 1. The fraction of sp³-hybridized carbons (Fsp3) is 0.286. The molecule has 1 aliphatic rings. The summed E-state index contributed by atoms with van der Waals surface area (Å²) in [6, 6.07) is 17.7. The lowest BCUT2D eigenvalue weighted by Crippen LogP contribution is -2.47. The van der Waals surface area contributed by atoms with Crippen LogP contribution in [0.5, 0.6) is 5.75 Å². The Bertz CT molecular complexity index is 1430. The van der Waals surface area contributed by atoms with Gasteiger partial charge in [-0.1, -0.05) is 24.3 Å². The highest BCUT2D eigenvalue weighted by atomic mass is 32.2. The first kappa shape index (κ1) is 28.2. The molecule has 1 amide bonds. The summed E-state index contributed by atoms with van der Waals surface area (Å²) in [7, 11) is -3.74. The number of nitrogens with zero attached hydrogens (tertiary/aromatic N) is 1. The molecule has 0 aromatic heterocycles. The molecular weight excluding hydrogens is 530 g/mol. The standard InChI is InChI=1S/C28H28F2N2O6S/c29-22-10-7-21(25(30)17-22)18-31-27(34)28(13-16-39(35,36)24-5-2-1-3-6-24)19-38-26(32-28)20-8-11-23(12-9-20)37-15-4-14-33/h1-3,5-12,17,33H,4,13-16,18-19H2,(H,31,34)/t28-/m1/s1. The molecule has 1 atom stereocenters. The van der Waals surface area contributed by atoms with Gasteiger partial charge < -0.3 is 19.9 Å². The maximum absolute atomic E-state index is 14.1. The third-order valence-corrected chi connectivity index (χ3v) is 7.93. The summed E-state index contributed by atoms with van der Waals surface area (Å²) in [6.45, 7) is -0.107. The van der Waals surface area contributed by atoms with Gasteiger partial charge in [-0.2, -0.15) is 0 Å². The normalized spacial score (nSPS) is 16.8. The quantitative estimate of drug-likeness (QED) is 0.330. The minimum absolute atomic E-state index is 0.0146. The molecular formula is C28H28F2N2O6S. The monoisotopic (exact) mass is 558 g/mol. The molecule has 0 aliphatic carbocycles. The topological polar surface area (TPSA) is 114 Å². The van der Waals surface area contributed by atoms with Crippen LogP contribution in [0, 0.1) is 11.6 Å². The minimum atomic E-state index is -3.74. The number of hydrogen-bond donors (Lipinski definition) is 2. The van der Waals surface area contributed by atoms with E-state index in [9.17, 15) is 22.0 Å². The van der Waals surface area contributed by atoms with E-state index in [1.807, 2.05) is 0 Å². The van der Waals surface area contributed by atoms with E-state index in [-0.39, 0.29) is 48.3 Å². The molecule has 0 radical (unpaired) electrons. The Labute approximate surface area is 225 Å². The number of benzene rings is 3. The molecule has 0 spiro atoms. The predicted molar refractivity (Wildman–Crippen MR) is 140 cm³/mol. The van der Waals surface area contributed by atoms with E-state index in [4.69, 9.17) is 14.6 Å². The molecule has 3 aromatic carbocycles. The van der Waals surface area contributed by atoms with E-state index in [1.54, 1.807) is 42.5 Å². The molecule has 11 heteroatoms. The maximum atomic E-state index is 14.1. The van der Waals surface area contributed by atoms with Crippen molar-refractivity contribution in [1.82, 2.24) is 5.32 Å². The first-order chi connectivity index (χ1) is 18.7. The van der Waals surface area contributed by atoms with Gasteiger partial charge in [0.05, 0.1) is 17.3 Å². The molecule has 1 heterocycles. The molecule has 0 bridgehead atoms. The molecule has 39 heavy (non-hydrogen) atoms. The van der Waals surface area contributed by atoms with Gasteiger partial charge in [0.15, 0.2) is 15.4 Å². The van der Waals surface area contributed by atoms with Crippen molar-refractivity contribution in [2.45, 2.75) is 29.8 Å². The van der Waals surface area contributed by atoms with Gasteiger partial charge in [-0.05, 0) is 48.9 Å². The lowest BCUT2D eigenvalue weighted by atomic mass is 9.97. The van der Waals surface area contributed by atoms with Crippen LogP contribution in [0.3, 0.4) is 0 Å². The van der Waals surface area contributed by atoms with E-state index in [1.165, 1.54) is 18.2 Å². The number of aliphatic imine (C=N–C) groups is 1. The zero-order chi connectivity index (χ0) is 27.9. The number of sulfone groups is 1. The first-order valence-electron chi connectivity index (χ1n) is 12.3. The number of amides is 1. The van der Waals surface area contributed by atoms with Crippen molar-refractivity contribution in [3.05, 3.63) is 95.6 Å². The van der Waals surface area contributed by atoms with Gasteiger partial charge >= 0.3 is 0 Å². The molecule has 0 saturated carbocycles. The van der Waals surface area contributed by atoms with Gasteiger partial charge in [-0.15, -0.1) is 0 Å². The summed E-state index contributed by atoms with van der Waals surface area (Å²) in [5.41, 5.74) is -0.976. The largest absolute Gasteiger partial charge is 0.494 e. The van der Waals surface area contributed by atoms with Crippen molar-refractivity contribution in [1.29, 1.82) is 0 Å². The van der Waals surface area contributed by atoms with Crippen molar-refractivity contribution in [3.8, 4) is 5.75 Å². The lowest BCUT2D eigenvalue weighted by molar-refractivity contribution is -0.127. The molecule has 0 saturated heterocycles. The first-order valence-corrected chi connectivity index (χ1v) is 13.9. The summed E-state index contributed by atoms with van der Waals surface area (Å²) in [4.78, 5) is 18.1. The zero-order valence-electron chi connectivity index (χ0n) is 21.0. The van der Waals surface area contributed by atoms with Gasteiger partial charge in [0.25, 0.3) is 5.91 Å². The van der Waals surface area contributed by atoms with E-state index in [2.05, 4.69) is 10.3 Å². The Hall–Kier alpha value is -3.83. The molecule has 1 aliphatic heterocycles. The Kier molecular flexibility index (Phi) is 8.93. The number of hydrogen-bond acceptors (Lipinski definition) is 7. The van der Waals surface area contributed by atoms with Gasteiger partial charge in [0.1, 0.15) is 24.0 Å². The zero-order valence-corrected chi connectivity index (χ0v) is 21.8. The number of carbonyl (C=O) groups is 1. The smallest absolute Gasteiger partial charge is 0.251 e. The lowest BCUT2D eigenvalue weighted by Gasteiger charge is -2.23. The number of halogens is 2. The fourth-order valence-electron chi connectivity index (χ4n) is 3.95. The van der Waals surface area contributed by atoms with Crippen molar-refractivity contribution in [2.24, 2.45) is 4.99 Å². The fourth-order valence-corrected chi connectivity index (χ4v) is 5.37. The number of rotatable bonds is 12. The van der Waals surface area contributed by atoms with Crippen molar-refractivity contribution < 1.29 is 36.6 Å². The number of nitrogens with one attached hydrogen (secondary N) is 1. The van der Waals surface area contributed by atoms with E-state index in [0.717, 1.165) is 12.1 Å². The summed E-state index contributed by atoms with van der Waals surface area (Å²) in [5.74, 6) is -1.86. The minimum Gasteiger partial charge on any atom is -0.494 e. The predicted octanol–water partition coefficient (Wildman–Crippen LogP) is 3.42. The van der Waals surface area contributed by atoms with Crippen LogP contribution in [-0.2, 0) is 25.9 Å². The van der Waals surface area contributed by atoms with Crippen molar-refractivity contribution in [3.63, 3.8) is 0 Å². The van der Waals surface area contributed by atoms with Crippen LogP contribution < -0.4 is 10.1 Å². The van der Waals surface area contributed by atoms with Crippen LogP contribution >= 0.6 is 0 Å². The average Bonchev–Trinajstić information content (AvgIpc) is 3.38. The Morgan fingerprint density at radius 3 is 2.51 bits per heavy atom. The van der Waals surface area contributed by atoms with Crippen molar-refractivity contribution >= 4 is 21.6 Å². The molecule has 3 aromatic rings. The van der Waals surface area contributed by atoms with Gasteiger partial charge in [-0.3, -0.25) is 4.79 Å². The average molecular weight is 559 g/mol. The molecule has 8 nitrogen and oxygen atoms in total. The second-order valence-electron chi connectivity index (χ2n) is 8.99. The van der Waals surface area contributed by atoms with Crippen LogP contribution in [0.25, 0.3) is 0 Å². The molecule has 206 valence electrons. The SMILES string of the molecule is O=C(NCc1ccc(F)cc1F)[C@@]1(CCS(=O)(=O)c2ccccc2)COC(c2ccc(OCCCO)cc2)=N1. The highest BCUT2D eigenvalue weighted by Gasteiger charge is 2.45. The van der Waals surface area contributed by atoms with Crippen LogP contribution in [0.2, 0.25) is 0 Å². The number of aliphatic hydroxyl groups excluding tert-OH is 1. The molecule has 0 fully saturated rings. The number of ether oxygens (including phenoxy) is 2. The third kappa shape index (κ3) is 6.98. The Morgan fingerprint density at radius 1 is 1.08 bits per heavy atom. The van der Waals surface area contributed by atoms with Gasteiger partial charge in [-0.25, -0.2) is 22.2 Å². The second-order valence-corrected chi connectivity index (χ2v) is 11.1. The Balaban J connectivity index is 1.56. The molecule has 4 rings (SSSR count). The van der Waals surface area contributed by atoms with E-state index >= 15 is 0 Å². The Morgan fingerprint density at radius 2 is 1.82 bits per heavy atom. The summed E-state index contributed by atoms with van der Waals surface area (Å²) < 4.78 is 64.7. The molecule has 2 N–H and O–H groups in total. The second kappa shape index (κ2) is 12.4. The van der Waals surface area contributed by atoms with Crippen LogP contribution in [0.1, 0.15) is 24.0 Å². The molecule has 0 unspecified atom stereocenters. The van der Waals surface area contributed by atoms with Crippen molar-refractivity contribution in [2.75, 3.05) is 25.6 Å². The summed E-state index contributed by atoms with van der Waals surface area (Å²) in [6.07, 6.45) is 0.302. The van der Waals surface area contributed by atoms with Gasteiger partial charge in [0.2, 0.25) is 5.90 Å². The highest BCUT2D eigenvalue weighted by Crippen LogP contribution is 2.29. The van der Waals surface area contributed by atoms with E-state index in [0.29, 0.717) is 24.3 Å². The highest BCUT2D eigenvalue weighted by molar-refractivity contribution is 7.91.